The second-order valence-corrected chi connectivity index (χ2v) is 6.18. The summed E-state index contributed by atoms with van der Waals surface area (Å²) < 4.78 is 0. The molecule has 1 heterocycles. The van der Waals surface area contributed by atoms with Gasteiger partial charge in [-0.25, -0.2) is 0 Å². The molecule has 3 heteroatoms. The van der Waals surface area contributed by atoms with E-state index in [-0.39, 0.29) is 12.1 Å². The lowest BCUT2D eigenvalue weighted by Gasteiger charge is -2.36. The molecule has 1 unspecified atom stereocenters. The maximum atomic E-state index is 9.63. The summed E-state index contributed by atoms with van der Waals surface area (Å²) in [6.07, 6.45) is 9.39. The third kappa shape index (κ3) is 4.57. The highest BCUT2D eigenvalue weighted by molar-refractivity contribution is 4.94. The Balaban J connectivity index is 1.81. The quantitative estimate of drug-likeness (QED) is 0.768. The molecule has 2 rings (SSSR count). The van der Waals surface area contributed by atoms with Crippen molar-refractivity contribution in [1.29, 1.82) is 0 Å². The SMILES string of the molecule is CC(CO)(CN1CCCCCCC1)NC1CC1. The summed E-state index contributed by atoms with van der Waals surface area (Å²) in [5, 5.41) is 13.2. The van der Waals surface area contributed by atoms with E-state index < -0.39 is 0 Å². The van der Waals surface area contributed by atoms with Crippen LogP contribution in [0.25, 0.3) is 0 Å². The monoisotopic (exact) mass is 240 g/mol. The molecule has 0 radical (unpaired) electrons. The zero-order chi connectivity index (χ0) is 12.1. The Morgan fingerprint density at radius 1 is 1.12 bits per heavy atom. The normalized spacial score (nSPS) is 27.2. The number of nitrogens with zero attached hydrogens (tertiary/aromatic N) is 1. The van der Waals surface area contributed by atoms with Crippen LogP contribution in [0.5, 0.6) is 0 Å². The van der Waals surface area contributed by atoms with Gasteiger partial charge < -0.3 is 15.3 Å². The van der Waals surface area contributed by atoms with Gasteiger partial charge in [0.1, 0.15) is 0 Å². The standard InChI is InChI=1S/C14H28N2O/c1-14(12-17,15-13-7-8-13)11-16-9-5-3-2-4-6-10-16/h13,15,17H,2-12H2,1H3. The zero-order valence-electron chi connectivity index (χ0n) is 11.2. The van der Waals surface area contributed by atoms with Gasteiger partial charge in [0.15, 0.2) is 0 Å². The summed E-state index contributed by atoms with van der Waals surface area (Å²) in [6, 6.07) is 0.668. The first kappa shape index (κ1) is 13.3. The van der Waals surface area contributed by atoms with Crippen molar-refractivity contribution in [2.24, 2.45) is 0 Å². The van der Waals surface area contributed by atoms with E-state index in [4.69, 9.17) is 0 Å². The van der Waals surface area contributed by atoms with Gasteiger partial charge in [-0.3, -0.25) is 0 Å². The molecule has 2 N–H and O–H groups in total. The minimum Gasteiger partial charge on any atom is -0.394 e. The van der Waals surface area contributed by atoms with E-state index in [0.29, 0.717) is 6.04 Å². The highest BCUT2D eigenvalue weighted by Crippen LogP contribution is 2.23. The van der Waals surface area contributed by atoms with Crippen molar-refractivity contribution in [2.45, 2.75) is 63.5 Å². The van der Waals surface area contributed by atoms with Gasteiger partial charge >= 0.3 is 0 Å². The summed E-state index contributed by atoms with van der Waals surface area (Å²) >= 11 is 0. The Morgan fingerprint density at radius 2 is 1.71 bits per heavy atom. The predicted molar refractivity (Wildman–Crippen MR) is 71.2 cm³/mol. The fourth-order valence-corrected chi connectivity index (χ4v) is 2.83. The zero-order valence-corrected chi connectivity index (χ0v) is 11.2. The van der Waals surface area contributed by atoms with Crippen LogP contribution in [0.1, 0.15) is 51.9 Å². The Hall–Kier alpha value is -0.120. The molecule has 0 aromatic rings. The van der Waals surface area contributed by atoms with Crippen LogP contribution in [0.15, 0.2) is 0 Å². The number of aliphatic hydroxyl groups excluding tert-OH is 1. The fraction of sp³-hybridized carbons (Fsp3) is 1.00. The van der Waals surface area contributed by atoms with Crippen molar-refractivity contribution in [2.75, 3.05) is 26.2 Å². The number of likely N-dealkylation sites (tertiary alicyclic amines) is 1. The molecule has 0 amide bonds. The predicted octanol–water partition coefficient (Wildman–Crippen LogP) is 1.76. The van der Waals surface area contributed by atoms with E-state index in [1.165, 1.54) is 58.0 Å². The van der Waals surface area contributed by atoms with Crippen LogP contribution in [0.2, 0.25) is 0 Å². The summed E-state index contributed by atoms with van der Waals surface area (Å²) in [4.78, 5) is 2.55. The lowest BCUT2D eigenvalue weighted by atomic mass is 10.0. The van der Waals surface area contributed by atoms with Gasteiger partial charge in [-0.15, -0.1) is 0 Å². The summed E-state index contributed by atoms with van der Waals surface area (Å²) in [6.45, 7) is 5.84. The van der Waals surface area contributed by atoms with E-state index in [0.717, 1.165) is 6.54 Å². The molecule has 100 valence electrons. The lowest BCUT2D eigenvalue weighted by Crippen LogP contribution is -2.55. The molecular weight excluding hydrogens is 212 g/mol. The van der Waals surface area contributed by atoms with E-state index in [9.17, 15) is 5.11 Å². The molecule has 0 aromatic carbocycles. The molecule has 0 bridgehead atoms. The second-order valence-electron chi connectivity index (χ2n) is 6.18. The van der Waals surface area contributed by atoms with Crippen molar-refractivity contribution >= 4 is 0 Å². The first-order chi connectivity index (χ1) is 8.22. The van der Waals surface area contributed by atoms with Crippen LogP contribution in [-0.2, 0) is 0 Å². The number of hydrogen-bond acceptors (Lipinski definition) is 3. The van der Waals surface area contributed by atoms with Gasteiger partial charge in [-0.2, -0.15) is 0 Å². The van der Waals surface area contributed by atoms with E-state index in [1.54, 1.807) is 0 Å². The van der Waals surface area contributed by atoms with Gasteiger partial charge in [0, 0.05) is 12.6 Å². The maximum Gasteiger partial charge on any atom is 0.0623 e. The molecule has 2 fully saturated rings. The third-order valence-corrected chi connectivity index (χ3v) is 4.00. The van der Waals surface area contributed by atoms with Crippen LogP contribution in [0.3, 0.4) is 0 Å². The van der Waals surface area contributed by atoms with E-state index in [1.807, 2.05) is 0 Å². The van der Waals surface area contributed by atoms with Gasteiger partial charge in [-0.05, 0) is 45.7 Å². The summed E-state index contributed by atoms with van der Waals surface area (Å²) in [7, 11) is 0. The molecular formula is C14H28N2O. The molecule has 2 aliphatic rings. The van der Waals surface area contributed by atoms with Crippen LogP contribution in [0, 0.1) is 0 Å². The molecule has 1 saturated carbocycles. The topological polar surface area (TPSA) is 35.5 Å². The van der Waals surface area contributed by atoms with Crippen molar-refractivity contribution in [1.82, 2.24) is 10.2 Å². The smallest absolute Gasteiger partial charge is 0.0623 e. The Kier molecular flexibility index (Phi) is 4.83. The average Bonchev–Trinajstić information content (AvgIpc) is 3.06. The van der Waals surface area contributed by atoms with Crippen LogP contribution < -0.4 is 5.32 Å². The third-order valence-electron chi connectivity index (χ3n) is 4.00. The Labute approximate surface area is 106 Å². The molecule has 0 aromatic heterocycles. The second kappa shape index (κ2) is 6.17. The molecule has 0 spiro atoms. The van der Waals surface area contributed by atoms with Crippen LogP contribution >= 0.6 is 0 Å². The molecule has 1 atom stereocenters. The van der Waals surface area contributed by atoms with Crippen molar-refractivity contribution < 1.29 is 5.11 Å². The van der Waals surface area contributed by atoms with E-state index in [2.05, 4.69) is 17.1 Å². The van der Waals surface area contributed by atoms with Crippen molar-refractivity contribution in [3.05, 3.63) is 0 Å². The van der Waals surface area contributed by atoms with Gasteiger partial charge in [-0.1, -0.05) is 19.3 Å². The summed E-state index contributed by atoms with van der Waals surface area (Å²) in [5.74, 6) is 0. The van der Waals surface area contributed by atoms with Crippen LogP contribution in [-0.4, -0.2) is 47.8 Å². The van der Waals surface area contributed by atoms with E-state index >= 15 is 0 Å². The van der Waals surface area contributed by atoms with Gasteiger partial charge in [0.05, 0.1) is 12.1 Å². The molecule has 1 aliphatic carbocycles. The first-order valence-electron chi connectivity index (χ1n) is 7.33. The number of hydrogen-bond donors (Lipinski definition) is 2. The number of aliphatic hydroxyl groups is 1. The Bertz CT molecular complexity index is 222. The average molecular weight is 240 g/mol. The lowest BCUT2D eigenvalue weighted by molar-refractivity contribution is 0.113. The fourth-order valence-electron chi connectivity index (χ4n) is 2.83. The van der Waals surface area contributed by atoms with Crippen molar-refractivity contribution in [3.8, 4) is 0 Å². The molecule has 1 aliphatic heterocycles. The molecule has 1 saturated heterocycles. The van der Waals surface area contributed by atoms with Gasteiger partial charge in [0.2, 0.25) is 0 Å². The van der Waals surface area contributed by atoms with Crippen LogP contribution in [0.4, 0.5) is 0 Å². The molecule has 3 nitrogen and oxygen atoms in total. The number of rotatable bonds is 5. The van der Waals surface area contributed by atoms with Crippen molar-refractivity contribution in [3.63, 3.8) is 0 Å². The minimum absolute atomic E-state index is 0.0969. The van der Waals surface area contributed by atoms with Gasteiger partial charge in [0.25, 0.3) is 0 Å². The maximum absolute atomic E-state index is 9.63. The first-order valence-corrected chi connectivity index (χ1v) is 7.33. The largest absolute Gasteiger partial charge is 0.394 e. The Morgan fingerprint density at radius 3 is 2.24 bits per heavy atom. The number of nitrogens with one attached hydrogen (secondary N) is 1. The molecule has 17 heavy (non-hydrogen) atoms. The summed E-state index contributed by atoms with van der Waals surface area (Å²) in [5.41, 5.74) is -0.0969. The highest BCUT2D eigenvalue weighted by atomic mass is 16.3. The minimum atomic E-state index is -0.0969. The highest BCUT2D eigenvalue weighted by Gasteiger charge is 2.33.